The summed E-state index contributed by atoms with van der Waals surface area (Å²) in [6, 6.07) is 7.91. The second-order valence-corrected chi connectivity index (χ2v) is 7.43. The highest BCUT2D eigenvalue weighted by atomic mass is 16.5. The van der Waals surface area contributed by atoms with Crippen molar-refractivity contribution in [2.24, 2.45) is 0 Å². The Bertz CT molecular complexity index is 943. The molecule has 3 aromatic rings. The fraction of sp³-hybridized carbons (Fsp3) is 0.500. The van der Waals surface area contributed by atoms with E-state index in [0.29, 0.717) is 30.6 Å². The summed E-state index contributed by atoms with van der Waals surface area (Å²) >= 11 is 0. The Labute approximate surface area is 162 Å². The average Bonchev–Trinajstić information content (AvgIpc) is 3.41. The van der Waals surface area contributed by atoms with Crippen LogP contribution in [-0.4, -0.2) is 32.2 Å². The summed E-state index contributed by atoms with van der Waals surface area (Å²) in [5, 5.41) is 12.8. The van der Waals surface area contributed by atoms with Gasteiger partial charge in [-0.05, 0) is 30.5 Å². The Morgan fingerprint density at radius 2 is 1.93 bits per heavy atom. The second kappa shape index (κ2) is 7.35. The van der Waals surface area contributed by atoms with E-state index in [9.17, 15) is 0 Å². The van der Waals surface area contributed by atoms with Gasteiger partial charge in [-0.2, -0.15) is 4.98 Å². The summed E-state index contributed by atoms with van der Waals surface area (Å²) in [7, 11) is 1.66. The lowest BCUT2D eigenvalue weighted by atomic mass is 9.89. The zero-order valence-corrected chi connectivity index (χ0v) is 15.9. The van der Waals surface area contributed by atoms with Crippen LogP contribution in [0, 0.1) is 0 Å². The van der Waals surface area contributed by atoms with Crippen LogP contribution in [0.15, 0.2) is 28.8 Å². The molecule has 0 spiro atoms. The van der Waals surface area contributed by atoms with Crippen LogP contribution in [0.5, 0.6) is 5.75 Å². The smallest absolute Gasteiger partial charge is 0.230 e. The van der Waals surface area contributed by atoms with E-state index in [1.165, 1.54) is 19.3 Å². The van der Waals surface area contributed by atoms with E-state index in [2.05, 4.69) is 20.5 Å². The molecule has 2 aromatic heterocycles. The molecule has 1 aliphatic heterocycles. The van der Waals surface area contributed by atoms with Crippen LogP contribution in [0.25, 0.3) is 11.5 Å². The molecule has 146 valence electrons. The fourth-order valence-corrected chi connectivity index (χ4v) is 4.05. The Morgan fingerprint density at radius 1 is 1.11 bits per heavy atom. The van der Waals surface area contributed by atoms with Gasteiger partial charge in [0.2, 0.25) is 11.7 Å². The van der Waals surface area contributed by atoms with Crippen molar-refractivity contribution in [3.05, 3.63) is 41.4 Å². The van der Waals surface area contributed by atoms with Gasteiger partial charge in [0, 0.05) is 5.92 Å². The van der Waals surface area contributed by atoms with Crippen LogP contribution in [-0.2, 0) is 17.9 Å². The topological polar surface area (TPSA) is 88.1 Å². The molecule has 1 aliphatic carbocycles. The standard InChI is InChI=1S/C20H23N5O3/c1-26-15-9-7-13(8-10-15)17-11-25-16(12-27-17)18(22-24-25)19-21-20(28-23-19)14-5-3-2-4-6-14/h7-10,14,17H,2-6,11-12H2,1H3/t17-/m0/s1. The molecule has 0 saturated heterocycles. The Hall–Kier alpha value is -2.74. The molecular formula is C20H23N5O3. The minimum absolute atomic E-state index is 0.0731. The maximum Gasteiger partial charge on any atom is 0.230 e. The molecule has 8 heteroatoms. The Kier molecular flexibility index (Phi) is 4.56. The molecule has 0 unspecified atom stereocenters. The van der Waals surface area contributed by atoms with Gasteiger partial charge in [0.15, 0.2) is 5.69 Å². The maximum atomic E-state index is 6.08. The van der Waals surface area contributed by atoms with Crippen molar-refractivity contribution in [3.8, 4) is 17.3 Å². The van der Waals surface area contributed by atoms with Crippen LogP contribution in [0.4, 0.5) is 0 Å². The third kappa shape index (κ3) is 3.17. The number of ether oxygens (including phenoxy) is 2. The number of hydrogen-bond donors (Lipinski definition) is 0. The minimum Gasteiger partial charge on any atom is -0.497 e. The van der Waals surface area contributed by atoms with Gasteiger partial charge in [0.25, 0.3) is 0 Å². The normalized spacial score (nSPS) is 20.1. The van der Waals surface area contributed by atoms with Crippen molar-refractivity contribution in [1.82, 2.24) is 25.1 Å². The number of hydrogen-bond acceptors (Lipinski definition) is 7. The zero-order chi connectivity index (χ0) is 18.9. The van der Waals surface area contributed by atoms with Crippen LogP contribution in [0.1, 0.15) is 61.3 Å². The molecule has 1 atom stereocenters. The lowest BCUT2D eigenvalue weighted by Gasteiger charge is -2.24. The molecule has 0 radical (unpaired) electrons. The lowest BCUT2D eigenvalue weighted by molar-refractivity contribution is -0.00114. The SMILES string of the molecule is COc1ccc([C@@H]2Cn3nnc(-c4noc(C5CCCCC5)n4)c3CO2)cc1. The van der Waals surface area contributed by atoms with Gasteiger partial charge in [-0.25, -0.2) is 4.68 Å². The predicted octanol–water partition coefficient (Wildman–Crippen LogP) is 3.66. The van der Waals surface area contributed by atoms with Crippen molar-refractivity contribution >= 4 is 0 Å². The molecule has 0 amide bonds. The number of nitrogens with zero attached hydrogens (tertiary/aromatic N) is 5. The van der Waals surface area contributed by atoms with E-state index in [0.717, 1.165) is 35.7 Å². The van der Waals surface area contributed by atoms with Crippen molar-refractivity contribution in [1.29, 1.82) is 0 Å². The van der Waals surface area contributed by atoms with E-state index in [1.54, 1.807) is 7.11 Å². The number of methoxy groups -OCH3 is 1. The molecule has 1 saturated carbocycles. The van der Waals surface area contributed by atoms with E-state index in [-0.39, 0.29) is 6.10 Å². The van der Waals surface area contributed by atoms with Gasteiger partial charge in [0.05, 0.1) is 26.0 Å². The van der Waals surface area contributed by atoms with E-state index in [1.807, 2.05) is 28.9 Å². The van der Waals surface area contributed by atoms with Crippen LogP contribution >= 0.6 is 0 Å². The quantitative estimate of drug-likeness (QED) is 0.681. The third-order valence-corrected chi connectivity index (χ3v) is 5.69. The predicted molar refractivity (Wildman–Crippen MR) is 99.7 cm³/mol. The van der Waals surface area contributed by atoms with Gasteiger partial charge < -0.3 is 14.0 Å². The highest BCUT2D eigenvalue weighted by molar-refractivity contribution is 5.51. The van der Waals surface area contributed by atoms with Gasteiger partial charge >= 0.3 is 0 Å². The molecule has 5 rings (SSSR count). The van der Waals surface area contributed by atoms with E-state index >= 15 is 0 Å². The van der Waals surface area contributed by atoms with Crippen molar-refractivity contribution in [2.45, 2.75) is 57.3 Å². The molecule has 2 aliphatic rings. The molecule has 3 heterocycles. The highest BCUT2D eigenvalue weighted by Gasteiger charge is 2.29. The van der Waals surface area contributed by atoms with Crippen LogP contribution < -0.4 is 4.74 Å². The van der Waals surface area contributed by atoms with Crippen LogP contribution in [0.2, 0.25) is 0 Å². The summed E-state index contributed by atoms with van der Waals surface area (Å²) in [4.78, 5) is 4.62. The van der Waals surface area contributed by atoms with Crippen molar-refractivity contribution < 1.29 is 14.0 Å². The number of benzene rings is 1. The molecular weight excluding hydrogens is 358 g/mol. The summed E-state index contributed by atoms with van der Waals surface area (Å²) < 4.78 is 18.7. The van der Waals surface area contributed by atoms with Gasteiger partial charge in [-0.15, -0.1) is 5.10 Å². The first-order valence-corrected chi connectivity index (χ1v) is 9.83. The number of rotatable bonds is 4. The first-order valence-electron chi connectivity index (χ1n) is 9.83. The second-order valence-electron chi connectivity index (χ2n) is 7.43. The van der Waals surface area contributed by atoms with Gasteiger partial charge in [-0.1, -0.05) is 41.8 Å². The van der Waals surface area contributed by atoms with E-state index in [4.69, 9.17) is 14.0 Å². The summed E-state index contributed by atoms with van der Waals surface area (Å²) in [6.45, 7) is 1.01. The molecule has 28 heavy (non-hydrogen) atoms. The molecule has 0 N–H and O–H groups in total. The molecule has 8 nitrogen and oxygen atoms in total. The zero-order valence-electron chi connectivity index (χ0n) is 15.9. The largest absolute Gasteiger partial charge is 0.497 e. The Balaban J connectivity index is 1.35. The third-order valence-electron chi connectivity index (χ3n) is 5.69. The maximum absolute atomic E-state index is 6.08. The highest BCUT2D eigenvalue weighted by Crippen LogP contribution is 2.34. The van der Waals surface area contributed by atoms with Crippen molar-refractivity contribution in [3.63, 3.8) is 0 Å². The monoisotopic (exact) mass is 381 g/mol. The molecule has 1 fully saturated rings. The molecule has 1 aromatic carbocycles. The van der Waals surface area contributed by atoms with Crippen molar-refractivity contribution in [2.75, 3.05) is 7.11 Å². The lowest BCUT2D eigenvalue weighted by Crippen LogP contribution is -2.22. The Morgan fingerprint density at radius 3 is 2.71 bits per heavy atom. The first-order chi connectivity index (χ1) is 13.8. The number of aromatic nitrogens is 5. The summed E-state index contributed by atoms with van der Waals surface area (Å²) in [5.74, 6) is 2.43. The summed E-state index contributed by atoms with van der Waals surface area (Å²) in [5.41, 5.74) is 2.63. The average molecular weight is 381 g/mol. The van der Waals surface area contributed by atoms with E-state index < -0.39 is 0 Å². The summed E-state index contributed by atoms with van der Waals surface area (Å²) in [6.07, 6.45) is 5.91. The van der Waals surface area contributed by atoms with Gasteiger partial charge in [0.1, 0.15) is 11.9 Å². The van der Waals surface area contributed by atoms with Gasteiger partial charge in [-0.3, -0.25) is 0 Å². The molecule has 0 bridgehead atoms. The van der Waals surface area contributed by atoms with Crippen LogP contribution in [0.3, 0.4) is 0 Å². The number of fused-ring (bicyclic) bond motifs is 1. The minimum atomic E-state index is -0.0731. The fourth-order valence-electron chi connectivity index (χ4n) is 4.05. The first kappa shape index (κ1) is 17.4.